The predicted molar refractivity (Wildman–Crippen MR) is 73.5 cm³/mol. The summed E-state index contributed by atoms with van der Waals surface area (Å²) in [4.78, 5) is 14.0. The highest BCUT2D eigenvalue weighted by atomic mass is 16.5. The molecular formula is C13H18N4O2. The molecule has 2 rings (SSSR count). The first kappa shape index (κ1) is 13.4. The van der Waals surface area contributed by atoms with Crippen LogP contribution >= 0.6 is 0 Å². The number of benzene rings is 1. The zero-order valence-electron chi connectivity index (χ0n) is 11.4. The van der Waals surface area contributed by atoms with Crippen LogP contribution in [0.3, 0.4) is 0 Å². The lowest BCUT2D eigenvalue weighted by Crippen LogP contribution is -2.31. The summed E-state index contributed by atoms with van der Waals surface area (Å²) in [6.07, 6.45) is 0. The maximum atomic E-state index is 12.0. The first-order valence-electron chi connectivity index (χ1n) is 6.07. The molecule has 1 amide bonds. The summed E-state index contributed by atoms with van der Waals surface area (Å²) in [7, 11) is 5.52. The predicted octanol–water partition coefficient (Wildman–Crippen LogP) is 0.863. The van der Waals surface area contributed by atoms with Gasteiger partial charge in [0.05, 0.1) is 12.6 Å². The Hall–Kier alpha value is -2.08. The second kappa shape index (κ2) is 5.71. The van der Waals surface area contributed by atoms with Crippen LogP contribution in [-0.2, 0) is 0 Å². The van der Waals surface area contributed by atoms with Gasteiger partial charge in [-0.25, -0.2) is 0 Å². The first-order chi connectivity index (χ1) is 9.11. The zero-order chi connectivity index (χ0) is 13.8. The van der Waals surface area contributed by atoms with Crippen LogP contribution in [0, 0.1) is 0 Å². The summed E-state index contributed by atoms with van der Waals surface area (Å²) < 4.78 is 5.13. The highest BCUT2D eigenvalue weighted by Gasteiger charge is 2.13. The second-order valence-corrected chi connectivity index (χ2v) is 4.54. The third kappa shape index (κ3) is 3.03. The molecule has 1 aromatic heterocycles. The summed E-state index contributed by atoms with van der Waals surface area (Å²) in [5.41, 5.74) is 1.20. The Bertz CT molecular complexity index is 577. The molecule has 0 aliphatic heterocycles. The van der Waals surface area contributed by atoms with Gasteiger partial charge in [0.2, 0.25) is 0 Å². The molecule has 0 radical (unpaired) electrons. The molecule has 0 saturated heterocycles. The van der Waals surface area contributed by atoms with Gasteiger partial charge in [-0.2, -0.15) is 5.10 Å². The number of aromatic amines is 1. The second-order valence-electron chi connectivity index (χ2n) is 4.54. The Morgan fingerprint density at radius 3 is 2.95 bits per heavy atom. The van der Waals surface area contributed by atoms with Gasteiger partial charge >= 0.3 is 0 Å². The molecule has 1 heterocycles. The molecule has 0 bridgehead atoms. The topological polar surface area (TPSA) is 70.2 Å². The van der Waals surface area contributed by atoms with E-state index in [2.05, 4.69) is 15.5 Å². The normalized spacial score (nSPS) is 10.9. The number of carbonyl (C=O) groups is 1. The van der Waals surface area contributed by atoms with Gasteiger partial charge in [0.15, 0.2) is 5.69 Å². The number of aromatic nitrogens is 2. The van der Waals surface area contributed by atoms with Gasteiger partial charge in [-0.3, -0.25) is 9.89 Å². The zero-order valence-corrected chi connectivity index (χ0v) is 11.4. The fourth-order valence-corrected chi connectivity index (χ4v) is 1.78. The van der Waals surface area contributed by atoms with E-state index >= 15 is 0 Å². The molecule has 0 aliphatic carbocycles. The van der Waals surface area contributed by atoms with Crippen molar-refractivity contribution in [2.24, 2.45) is 0 Å². The van der Waals surface area contributed by atoms with Crippen LogP contribution in [-0.4, -0.2) is 55.3 Å². The molecule has 0 fully saturated rings. The van der Waals surface area contributed by atoms with Crippen molar-refractivity contribution in [2.75, 3.05) is 34.3 Å². The number of carbonyl (C=O) groups excluding carboxylic acids is 1. The largest absolute Gasteiger partial charge is 0.497 e. The first-order valence-corrected chi connectivity index (χ1v) is 6.07. The monoisotopic (exact) mass is 262 g/mol. The molecular weight excluding hydrogens is 244 g/mol. The molecule has 1 aromatic carbocycles. The van der Waals surface area contributed by atoms with Crippen molar-refractivity contribution < 1.29 is 9.53 Å². The number of hydrogen-bond donors (Lipinski definition) is 2. The molecule has 19 heavy (non-hydrogen) atoms. The number of fused-ring (bicyclic) bond motifs is 1. The summed E-state index contributed by atoms with van der Waals surface area (Å²) in [6, 6.07) is 5.46. The van der Waals surface area contributed by atoms with E-state index in [-0.39, 0.29) is 5.91 Å². The third-order valence-corrected chi connectivity index (χ3v) is 2.83. The van der Waals surface area contributed by atoms with Crippen molar-refractivity contribution in [3.05, 3.63) is 23.9 Å². The number of nitrogens with zero attached hydrogens (tertiary/aromatic N) is 2. The number of ether oxygens (including phenoxy) is 1. The lowest BCUT2D eigenvalue weighted by molar-refractivity contribution is 0.0947. The Kier molecular flexibility index (Phi) is 4.01. The number of hydrogen-bond acceptors (Lipinski definition) is 4. The Morgan fingerprint density at radius 2 is 2.26 bits per heavy atom. The van der Waals surface area contributed by atoms with Gasteiger partial charge in [0, 0.05) is 24.5 Å². The minimum atomic E-state index is -0.168. The third-order valence-electron chi connectivity index (χ3n) is 2.83. The van der Waals surface area contributed by atoms with Crippen LogP contribution in [0.2, 0.25) is 0 Å². The van der Waals surface area contributed by atoms with E-state index in [1.165, 1.54) is 0 Å². The van der Waals surface area contributed by atoms with Gasteiger partial charge in [0.1, 0.15) is 5.75 Å². The Morgan fingerprint density at radius 1 is 1.47 bits per heavy atom. The number of H-pyrrole nitrogens is 1. The van der Waals surface area contributed by atoms with Crippen LogP contribution in [0.25, 0.3) is 10.9 Å². The number of likely N-dealkylation sites (N-methyl/N-ethyl adjacent to an activating group) is 1. The number of rotatable bonds is 5. The van der Waals surface area contributed by atoms with E-state index < -0.39 is 0 Å². The smallest absolute Gasteiger partial charge is 0.272 e. The molecule has 0 atom stereocenters. The van der Waals surface area contributed by atoms with Crippen LogP contribution in [0.1, 0.15) is 10.5 Å². The van der Waals surface area contributed by atoms with Crippen molar-refractivity contribution in [2.45, 2.75) is 0 Å². The summed E-state index contributed by atoms with van der Waals surface area (Å²) in [5, 5.41) is 10.5. The van der Waals surface area contributed by atoms with Crippen LogP contribution in [0.4, 0.5) is 0 Å². The average molecular weight is 262 g/mol. The fourth-order valence-electron chi connectivity index (χ4n) is 1.78. The number of amides is 1. The van der Waals surface area contributed by atoms with Crippen molar-refractivity contribution in [1.29, 1.82) is 0 Å². The molecule has 102 valence electrons. The van der Waals surface area contributed by atoms with E-state index in [1.807, 2.05) is 37.2 Å². The SMILES string of the molecule is COc1ccc2c(C(=O)NCCN(C)C)n[nH]c2c1. The highest BCUT2D eigenvalue weighted by Crippen LogP contribution is 2.21. The molecule has 2 N–H and O–H groups in total. The number of nitrogens with one attached hydrogen (secondary N) is 2. The maximum Gasteiger partial charge on any atom is 0.272 e. The summed E-state index contributed by atoms with van der Waals surface area (Å²) in [5.74, 6) is 0.564. The minimum Gasteiger partial charge on any atom is -0.497 e. The standard InChI is InChI=1S/C13H18N4O2/c1-17(2)7-6-14-13(18)12-10-5-4-9(19-3)8-11(10)15-16-12/h4-5,8H,6-7H2,1-3H3,(H,14,18)(H,15,16). The molecule has 0 aliphatic rings. The van der Waals surface area contributed by atoms with Crippen molar-refractivity contribution in [3.8, 4) is 5.75 Å². The molecule has 6 nitrogen and oxygen atoms in total. The lowest BCUT2D eigenvalue weighted by atomic mass is 10.2. The maximum absolute atomic E-state index is 12.0. The van der Waals surface area contributed by atoms with E-state index in [9.17, 15) is 4.79 Å². The highest BCUT2D eigenvalue weighted by molar-refractivity contribution is 6.04. The summed E-state index contributed by atoms with van der Waals surface area (Å²) in [6.45, 7) is 1.39. The Balaban J connectivity index is 2.14. The quantitative estimate of drug-likeness (QED) is 0.838. The summed E-state index contributed by atoms with van der Waals surface area (Å²) >= 11 is 0. The molecule has 6 heteroatoms. The van der Waals surface area contributed by atoms with Crippen molar-refractivity contribution in [1.82, 2.24) is 20.4 Å². The van der Waals surface area contributed by atoms with E-state index in [1.54, 1.807) is 7.11 Å². The van der Waals surface area contributed by atoms with E-state index in [4.69, 9.17) is 4.74 Å². The van der Waals surface area contributed by atoms with Crippen molar-refractivity contribution in [3.63, 3.8) is 0 Å². The average Bonchev–Trinajstić information content (AvgIpc) is 2.80. The Labute approximate surface area is 111 Å². The van der Waals surface area contributed by atoms with Gasteiger partial charge in [-0.1, -0.05) is 0 Å². The van der Waals surface area contributed by atoms with Crippen molar-refractivity contribution >= 4 is 16.8 Å². The van der Waals surface area contributed by atoms with Gasteiger partial charge in [-0.05, 0) is 26.2 Å². The van der Waals surface area contributed by atoms with E-state index in [0.717, 1.165) is 23.2 Å². The van der Waals surface area contributed by atoms with E-state index in [0.29, 0.717) is 12.2 Å². The van der Waals surface area contributed by atoms with Crippen LogP contribution < -0.4 is 10.1 Å². The van der Waals surface area contributed by atoms with Gasteiger partial charge in [0.25, 0.3) is 5.91 Å². The van der Waals surface area contributed by atoms with Gasteiger partial charge < -0.3 is 15.0 Å². The molecule has 2 aromatic rings. The number of methoxy groups -OCH3 is 1. The molecule has 0 saturated carbocycles. The van der Waals surface area contributed by atoms with Gasteiger partial charge in [-0.15, -0.1) is 0 Å². The molecule has 0 unspecified atom stereocenters. The van der Waals surface area contributed by atoms with Crippen LogP contribution in [0.5, 0.6) is 5.75 Å². The lowest BCUT2D eigenvalue weighted by Gasteiger charge is -2.09. The molecule has 0 spiro atoms. The minimum absolute atomic E-state index is 0.168. The fraction of sp³-hybridized carbons (Fsp3) is 0.385. The van der Waals surface area contributed by atoms with Crippen LogP contribution in [0.15, 0.2) is 18.2 Å².